The molecular weight excluding hydrogens is 330 g/mol. The molecule has 1 unspecified atom stereocenters. The van der Waals surface area contributed by atoms with E-state index in [1.54, 1.807) is 13.3 Å². The number of hydrogen-bond acceptors (Lipinski definition) is 5. The molecule has 142 valence electrons. The first-order chi connectivity index (χ1) is 12.4. The Hall–Kier alpha value is -2.18. The molecule has 0 radical (unpaired) electrons. The Bertz CT molecular complexity index is 659. The van der Waals surface area contributed by atoms with Gasteiger partial charge in [0.1, 0.15) is 12.1 Å². The van der Waals surface area contributed by atoms with Gasteiger partial charge in [-0.2, -0.15) is 0 Å². The lowest BCUT2D eigenvalue weighted by atomic mass is 9.84. The second-order valence-corrected chi connectivity index (χ2v) is 7.71. The van der Waals surface area contributed by atoms with Crippen molar-refractivity contribution in [3.05, 3.63) is 18.1 Å². The van der Waals surface area contributed by atoms with Gasteiger partial charge >= 0.3 is 0 Å². The number of carbonyl (C=O) groups is 2. The van der Waals surface area contributed by atoms with E-state index in [4.69, 9.17) is 0 Å². The third-order valence-electron chi connectivity index (χ3n) is 5.47. The van der Waals surface area contributed by atoms with Crippen molar-refractivity contribution < 1.29 is 9.59 Å². The van der Waals surface area contributed by atoms with E-state index in [1.807, 2.05) is 34.9 Å². The second kappa shape index (κ2) is 8.01. The molecule has 2 amide bonds. The molecule has 7 heteroatoms. The van der Waals surface area contributed by atoms with E-state index in [9.17, 15) is 9.59 Å². The van der Waals surface area contributed by atoms with Gasteiger partial charge in [0.15, 0.2) is 0 Å². The maximum atomic E-state index is 12.7. The van der Waals surface area contributed by atoms with Crippen LogP contribution in [0.5, 0.6) is 0 Å². The maximum Gasteiger partial charge on any atom is 0.225 e. The average molecular weight is 359 g/mol. The molecule has 2 fully saturated rings. The number of amides is 2. The van der Waals surface area contributed by atoms with Gasteiger partial charge in [0, 0.05) is 64.9 Å². The average Bonchev–Trinajstić information content (AvgIpc) is 2.76. The van der Waals surface area contributed by atoms with Gasteiger partial charge in [0.05, 0.1) is 0 Å². The van der Waals surface area contributed by atoms with Gasteiger partial charge in [0.25, 0.3) is 0 Å². The molecule has 0 bridgehead atoms. The molecule has 1 atom stereocenters. The van der Waals surface area contributed by atoms with E-state index >= 15 is 0 Å². The Morgan fingerprint density at radius 1 is 1.15 bits per heavy atom. The molecule has 0 N–H and O–H groups in total. The summed E-state index contributed by atoms with van der Waals surface area (Å²) in [6.07, 6.45) is 5.49. The van der Waals surface area contributed by atoms with Crippen LogP contribution in [0.3, 0.4) is 0 Å². The Morgan fingerprint density at radius 2 is 1.85 bits per heavy atom. The lowest BCUT2D eigenvalue weighted by Crippen LogP contribution is -2.42. The lowest BCUT2D eigenvalue weighted by molar-refractivity contribution is -0.138. The molecule has 2 aliphatic rings. The zero-order valence-electron chi connectivity index (χ0n) is 16.0. The first-order valence-corrected chi connectivity index (χ1v) is 9.46. The number of anilines is 1. The highest BCUT2D eigenvalue weighted by molar-refractivity contribution is 5.80. The summed E-state index contributed by atoms with van der Waals surface area (Å²) in [5.74, 6) is 1.59. The number of aromatic nitrogens is 2. The minimum Gasteiger partial charge on any atom is -0.363 e. The van der Waals surface area contributed by atoms with Crippen molar-refractivity contribution in [3.63, 3.8) is 0 Å². The van der Waals surface area contributed by atoms with Crippen LogP contribution in [0.4, 0.5) is 5.82 Å². The Balaban J connectivity index is 1.74. The topological polar surface area (TPSA) is 69.6 Å². The van der Waals surface area contributed by atoms with Crippen LogP contribution in [0.15, 0.2) is 12.4 Å². The van der Waals surface area contributed by atoms with Crippen LogP contribution in [0.2, 0.25) is 0 Å². The summed E-state index contributed by atoms with van der Waals surface area (Å²) in [5, 5.41) is 0. The molecule has 2 heterocycles. The fourth-order valence-corrected chi connectivity index (χ4v) is 3.67. The van der Waals surface area contributed by atoms with Gasteiger partial charge in [0.2, 0.25) is 11.8 Å². The van der Waals surface area contributed by atoms with Crippen molar-refractivity contribution >= 4 is 17.6 Å². The van der Waals surface area contributed by atoms with Crippen molar-refractivity contribution in [2.45, 2.75) is 32.6 Å². The summed E-state index contributed by atoms with van der Waals surface area (Å²) >= 11 is 0. The van der Waals surface area contributed by atoms with Crippen molar-refractivity contribution in [1.29, 1.82) is 0 Å². The van der Waals surface area contributed by atoms with Crippen molar-refractivity contribution in [1.82, 2.24) is 19.8 Å². The molecule has 1 saturated heterocycles. The lowest BCUT2D eigenvalue weighted by Gasteiger charge is -2.32. The molecule has 1 saturated carbocycles. The largest absolute Gasteiger partial charge is 0.363 e. The van der Waals surface area contributed by atoms with Gasteiger partial charge in [-0.05, 0) is 25.2 Å². The normalized spacial score (nSPS) is 21.1. The molecule has 1 aromatic heterocycles. The highest BCUT2D eigenvalue weighted by Gasteiger charge is 2.33. The molecule has 0 spiro atoms. The highest BCUT2D eigenvalue weighted by atomic mass is 16.2. The minimum atomic E-state index is 0.0737. The van der Waals surface area contributed by atoms with Crippen LogP contribution in [0, 0.1) is 11.8 Å². The third kappa shape index (κ3) is 4.31. The van der Waals surface area contributed by atoms with Crippen LogP contribution in [0.1, 0.15) is 31.9 Å². The van der Waals surface area contributed by atoms with Crippen molar-refractivity contribution in [3.8, 4) is 0 Å². The van der Waals surface area contributed by atoms with E-state index in [2.05, 4.69) is 9.97 Å². The van der Waals surface area contributed by atoms with E-state index in [-0.39, 0.29) is 23.7 Å². The first-order valence-electron chi connectivity index (χ1n) is 9.46. The molecule has 1 aromatic rings. The van der Waals surface area contributed by atoms with E-state index < -0.39 is 0 Å². The molecule has 0 aromatic carbocycles. The smallest absolute Gasteiger partial charge is 0.225 e. The van der Waals surface area contributed by atoms with Crippen LogP contribution >= 0.6 is 0 Å². The third-order valence-corrected chi connectivity index (χ3v) is 5.47. The van der Waals surface area contributed by atoms with E-state index in [0.29, 0.717) is 26.2 Å². The maximum absolute atomic E-state index is 12.7. The van der Waals surface area contributed by atoms with Crippen molar-refractivity contribution in [2.24, 2.45) is 11.8 Å². The SMILES string of the molecule is CC(=O)N1CCN(C(=O)C2CCC2)CC(Cc2cc(N(C)C)ncn2)C1. The Labute approximate surface area is 155 Å². The summed E-state index contributed by atoms with van der Waals surface area (Å²) < 4.78 is 0. The summed E-state index contributed by atoms with van der Waals surface area (Å²) in [6.45, 7) is 4.23. The standard InChI is InChI=1S/C19H29N5O2/c1-14(25)23-7-8-24(19(26)16-5-4-6-16)12-15(11-23)9-17-10-18(22(2)3)21-13-20-17/h10,13,15-16H,4-9,11-12H2,1-3H3. The first kappa shape index (κ1) is 18.6. The summed E-state index contributed by atoms with van der Waals surface area (Å²) in [4.78, 5) is 39.2. The minimum absolute atomic E-state index is 0.0737. The molecule has 3 rings (SSSR count). The van der Waals surface area contributed by atoms with Gasteiger partial charge in [-0.25, -0.2) is 9.97 Å². The molecule has 1 aliphatic carbocycles. The Kier molecular flexibility index (Phi) is 5.74. The summed E-state index contributed by atoms with van der Waals surface area (Å²) in [7, 11) is 3.91. The van der Waals surface area contributed by atoms with E-state index in [0.717, 1.165) is 37.2 Å². The molecule has 1 aliphatic heterocycles. The Morgan fingerprint density at radius 3 is 2.46 bits per heavy atom. The zero-order chi connectivity index (χ0) is 18.7. The summed E-state index contributed by atoms with van der Waals surface area (Å²) in [5.41, 5.74) is 0.954. The predicted molar refractivity (Wildman–Crippen MR) is 99.7 cm³/mol. The fraction of sp³-hybridized carbons (Fsp3) is 0.684. The number of rotatable bonds is 4. The van der Waals surface area contributed by atoms with Gasteiger partial charge in [-0.3, -0.25) is 9.59 Å². The van der Waals surface area contributed by atoms with Gasteiger partial charge in [-0.1, -0.05) is 6.42 Å². The number of hydrogen-bond donors (Lipinski definition) is 0. The van der Waals surface area contributed by atoms with Crippen LogP contribution in [-0.2, 0) is 16.0 Å². The zero-order valence-corrected chi connectivity index (χ0v) is 16.0. The molecule has 7 nitrogen and oxygen atoms in total. The van der Waals surface area contributed by atoms with Crippen molar-refractivity contribution in [2.75, 3.05) is 45.2 Å². The van der Waals surface area contributed by atoms with Crippen LogP contribution in [-0.4, -0.2) is 71.9 Å². The monoisotopic (exact) mass is 359 g/mol. The number of carbonyl (C=O) groups excluding carboxylic acids is 2. The van der Waals surface area contributed by atoms with Gasteiger partial charge < -0.3 is 14.7 Å². The van der Waals surface area contributed by atoms with Gasteiger partial charge in [-0.15, -0.1) is 0 Å². The summed E-state index contributed by atoms with van der Waals surface area (Å²) in [6, 6.07) is 1.99. The number of nitrogens with zero attached hydrogens (tertiary/aromatic N) is 5. The highest BCUT2D eigenvalue weighted by Crippen LogP contribution is 2.29. The van der Waals surface area contributed by atoms with E-state index in [1.165, 1.54) is 0 Å². The van der Waals surface area contributed by atoms with Crippen LogP contribution < -0.4 is 4.90 Å². The molecule has 26 heavy (non-hydrogen) atoms. The van der Waals surface area contributed by atoms with Crippen LogP contribution in [0.25, 0.3) is 0 Å². The second-order valence-electron chi connectivity index (χ2n) is 7.71. The predicted octanol–water partition coefficient (Wildman–Crippen LogP) is 1.19. The quantitative estimate of drug-likeness (QED) is 0.808. The fourth-order valence-electron chi connectivity index (χ4n) is 3.67. The molecular formula is C19H29N5O2.